The number of rotatable bonds is 9. The Labute approximate surface area is 169 Å². The number of anilines is 1. The predicted molar refractivity (Wildman–Crippen MR) is 111 cm³/mol. The Morgan fingerprint density at radius 2 is 1.86 bits per heavy atom. The summed E-state index contributed by atoms with van der Waals surface area (Å²) in [4.78, 5) is 23.9. The van der Waals surface area contributed by atoms with Crippen molar-refractivity contribution in [3.8, 4) is 17.2 Å². The highest BCUT2D eigenvalue weighted by atomic mass is 16.5. The van der Waals surface area contributed by atoms with Crippen molar-refractivity contribution >= 4 is 23.7 Å². The first-order valence-corrected chi connectivity index (χ1v) is 9.25. The molecule has 0 bridgehead atoms. The highest BCUT2D eigenvalue weighted by molar-refractivity contribution is 6.39. The van der Waals surface area contributed by atoms with Crippen LogP contribution in [0.25, 0.3) is 0 Å². The van der Waals surface area contributed by atoms with Crippen LogP contribution in [-0.2, 0) is 9.59 Å². The summed E-state index contributed by atoms with van der Waals surface area (Å²) < 4.78 is 16.3. The lowest BCUT2D eigenvalue weighted by molar-refractivity contribution is -0.136. The second-order valence-electron chi connectivity index (χ2n) is 5.87. The molecule has 0 saturated heterocycles. The Kier molecular flexibility index (Phi) is 8.50. The Balaban J connectivity index is 1.96. The Bertz CT molecular complexity index is 867. The highest BCUT2D eigenvalue weighted by Gasteiger charge is 2.13. The molecule has 0 radical (unpaired) electrons. The fourth-order valence-corrected chi connectivity index (χ4v) is 2.31. The van der Waals surface area contributed by atoms with Crippen LogP contribution in [0, 0.1) is 0 Å². The van der Waals surface area contributed by atoms with Crippen molar-refractivity contribution in [2.24, 2.45) is 5.10 Å². The third-order valence-electron chi connectivity index (χ3n) is 3.64. The molecule has 0 aliphatic rings. The molecule has 2 amide bonds. The van der Waals surface area contributed by atoms with Crippen LogP contribution >= 0.6 is 0 Å². The van der Waals surface area contributed by atoms with Gasteiger partial charge in [-0.1, -0.05) is 13.0 Å². The molecule has 8 heteroatoms. The molecule has 0 saturated carbocycles. The third-order valence-corrected chi connectivity index (χ3v) is 3.64. The number of hydrazone groups is 1. The van der Waals surface area contributed by atoms with Crippen molar-refractivity contribution in [1.29, 1.82) is 0 Å². The monoisotopic (exact) mass is 399 g/mol. The number of methoxy groups -OCH3 is 1. The van der Waals surface area contributed by atoms with Crippen LogP contribution < -0.4 is 25.0 Å². The lowest BCUT2D eigenvalue weighted by Gasteiger charge is -2.11. The zero-order valence-corrected chi connectivity index (χ0v) is 16.7. The summed E-state index contributed by atoms with van der Waals surface area (Å²) in [6.45, 7) is 4.98. The van der Waals surface area contributed by atoms with Gasteiger partial charge in [0.05, 0.1) is 26.5 Å². The molecular weight excluding hydrogens is 374 g/mol. The summed E-state index contributed by atoms with van der Waals surface area (Å²) >= 11 is 0. The van der Waals surface area contributed by atoms with Crippen molar-refractivity contribution in [2.45, 2.75) is 20.3 Å². The van der Waals surface area contributed by atoms with Crippen molar-refractivity contribution in [3.63, 3.8) is 0 Å². The zero-order chi connectivity index (χ0) is 21.1. The van der Waals surface area contributed by atoms with Crippen molar-refractivity contribution in [3.05, 3.63) is 48.0 Å². The molecule has 0 unspecified atom stereocenters. The average molecular weight is 399 g/mol. The molecule has 29 heavy (non-hydrogen) atoms. The maximum absolute atomic E-state index is 12.0. The summed E-state index contributed by atoms with van der Waals surface area (Å²) in [5.74, 6) is 0.0722. The first-order chi connectivity index (χ1) is 14.1. The summed E-state index contributed by atoms with van der Waals surface area (Å²) in [6.07, 6.45) is 2.31. The van der Waals surface area contributed by atoms with Gasteiger partial charge in [-0.2, -0.15) is 5.10 Å². The van der Waals surface area contributed by atoms with Gasteiger partial charge >= 0.3 is 11.8 Å². The lowest BCUT2D eigenvalue weighted by Crippen LogP contribution is -2.32. The fourth-order valence-electron chi connectivity index (χ4n) is 2.31. The van der Waals surface area contributed by atoms with Crippen molar-refractivity contribution in [2.75, 3.05) is 25.6 Å². The summed E-state index contributed by atoms with van der Waals surface area (Å²) in [6, 6.07) is 12.0. The van der Waals surface area contributed by atoms with Gasteiger partial charge in [-0.15, -0.1) is 0 Å². The molecule has 0 atom stereocenters. The molecule has 0 spiro atoms. The molecule has 2 aromatic carbocycles. The Morgan fingerprint density at radius 1 is 1.03 bits per heavy atom. The minimum absolute atomic E-state index is 0.442. The minimum atomic E-state index is -0.892. The molecule has 0 aliphatic heterocycles. The van der Waals surface area contributed by atoms with Crippen molar-refractivity contribution in [1.82, 2.24) is 5.43 Å². The van der Waals surface area contributed by atoms with Crippen LogP contribution in [0.1, 0.15) is 25.8 Å². The van der Waals surface area contributed by atoms with E-state index in [1.165, 1.54) is 13.3 Å². The molecule has 0 fully saturated rings. The van der Waals surface area contributed by atoms with Gasteiger partial charge in [-0.05, 0) is 49.2 Å². The summed E-state index contributed by atoms with van der Waals surface area (Å²) in [5.41, 5.74) is 3.32. The number of benzene rings is 2. The molecular formula is C21H25N3O5. The molecule has 2 rings (SSSR count). The first kappa shape index (κ1) is 21.7. The van der Waals surface area contributed by atoms with E-state index in [4.69, 9.17) is 14.2 Å². The molecule has 2 N–H and O–H groups in total. The normalized spacial score (nSPS) is 10.4. The number of nitrogens with one attached hydrogen (secondary N) is 2. The van der Waals surface area contributed by atoms with Crippen LogP contribution in [0.3, 0.4) is 0 Å². The van der Waals surface area contributed by atoms with Gasteiger partial charge in [-0.3, -0.25) is 9.59 Å². The van der Waals surface area contributed by atoms with E-state index in [2.05, 4.69) is 15.8 Å². The van der Waals surface area contributed by atoms with Crippen LogP contribution in [0.4, 0.5) is 5.69 Å². The molecule has 0 aromatic heterocycles. The van der Waals surface area contributed by atoms with E-state index in [1.54, 1.807) is 42.5 Å². The highest BCUT2D eigenvalue weighted by Crippen LogP contribution is 2.28. The Morgan fingerprint density at radius 3 is 2.59 bits per heavy atom. The van der Waals surface area contributed by atoms with Gasteiger partial charge in [0.15, 0.2) is 11.5 Å². The van der Waals surface area contributed by atoms with Crippen molar-refractivity contribution < 1.29 is 23.8 Å². The van der Waals surface area contributed by atoms with Gasteiger partial charge in [0, 0.05) is 11.8 Å². The quantitative estimate of drug-likeness (QED) is 0.384. The molecule has 154 valence electrons. The number of carbonyl (C=O) groups is 2. The van der Waals surface area contributed by atoms with Crippen LogP contribution in [0.2, 0.25) is 0 Å². The van der Waals surface area contributed by atoms with E-state index in [-0.39, 0.29) is 0 Å². The van der Waals surface area contributed by atoms with Gasteiger partial charge in [0.25, 0.3) is 0 Å². The minimum Gasteiger partial charge on any atom is -0.497 e. The standard InChI is InChI=1S/C21H25N3O5/c1-4-11-29-18-10-9-15(12-19(18)28-5-2)14-22-24-21(26)20(25)23-16-7-6-8-17(13-16)27-3/h6-10,12-14H,4-5,11H2,1-3H3,(H,23,25)(H,24,26). The number of hydrogen-bond acceptors (Lipinski definition) is 6. The number of hydrogen-bond donors (Lipinski definition) is 2. The molecule has 0 heterocycles. The van der Waals surface area contributed by atoms with Crippen LogP contribution in [-0.4, -0.2) is 38.4 Å². The maximum Gasteiger partial charge on any atom is 0.329 e. The SMILES string of the molecule is CCCOc1ccc(C=NNC(=O)C(=O)Nc2cccc(OC)c2)cc1OCC. The number of nitrogens with zero attached hydrogens (tertiary/aromatic N) is 1. The summed E-state index contributed by atoms with van der Waals surface area (Å²) in [7, 11) is 1.52. The van der Waals surface area contributed by atoms with E-state index < -0.39 is 11.8 Å². The molecule has 2 aromatic rings. The molecule has 8 nitrogen and oxygen atoms in total. The van der Waals surface area contributed by atoms with E-state index >= 15 is 0 Å². The number of amides is 2. The Hall–Kier alpha value is -3.55. The van der Waals surface area contributed by atoms with Gasteiger partial charge in [-0.25, -0.2) is 5.43 Å². The smallest absolute Gasteiger partial charge is 0.329 e. The zero-order valence-electron chi connectivity index (χ0n) is 16.7. The number of carbonyl (C=O) groups excluding carboxylic acids is 2. The fraction of sp³-hybridized carbons (Fsp3) is 0.286. The van der Waals surface area contributed by atoms with Gasteiger partial charge in [0.2, 0.25) is 0 Å². The summed E-state index contributed by atoms with van der Waals surface area (Å²) in [5, 5.41) is 6.30. The van der Waals surface area contributed by atoms with E-state index in [1.807, 2.05) is 13.8 Å². The van der Waals surface area contributed by atoms with E-state index in [9.17, 15) is 9.59 Å². The average Bonchev–Trinajstić information content (AvgIpc) is 2.73. The lowest BCUT2D eigenvalue weighted by atomic mass is 10.2. The van der Waals surface area contributed by atoms with Gasteiger partial charge < -0.3 is 19.5 Å². The maximum atomic E-state index is 12.0. The predicted octanol–water partition coefficient (Wildman–Crippen LogP) is 2.97. The molecule has 0 aliphatic carbocycles. The van der Waals surface area contributed by atoms with Crippen LogP contribution in [0.5, 0.6) is 17.2 Å². The first-order valence-electron chi connectivity index (χ1n) is 9.25. The van der Waals surface area contributed by atoms with Gasteiger partial charge in [0.1, 0.15) is 5.75 Å². The third kappa shape index (κ3) is 6.84. The largest absolute Gasteiger partial charge is 0.497 e. The van der Waals surface area contributed by atoms with E-state index in [0.29, 0.717) is 41.7 Å². The second-order valence-corrected chi connectivity index (χ2v) is 5.87. The topological polar surface area (TPSA) is 98.2 Å². The van der Waals surface area contributed by atoms with Crippen LogP contribution in [0.15, 0.2) is 47.6 Å². The van der Waals surface area contributed by atoms with E-state index in [0.717, 1.165) is 6.42 Å². The number of ether oxygens (including phenoxy) is 3. The second kappa shape index (κ2) is 11.3.